The van der Waals surface area contributed by atoms with Gasteiger partial charge in [-0.2, -0.15) is 4.98 Å². The highest BCUT2D eigenvalue weighted by atomic mass is 15.2. The number of anilines is 2. The average Bonchev–Trinajstić information content (AvgIpc) is 2.54. The van der Waals surface area contributed by atoms with E-state index >= 15 is 0 Å². The Balaban J connectivity index is 1.60. The molecule has 4 heteroatoms. The molecule has 2 N–H and O–H groups in total. The van der Waals surface area contributed by atoms with E-state index in [4.69, 9.17) is 5.73 Å². The van der Waals surface area contributed by atoms with Crippen molar-refractivity contribution >= 4 is 11.8 Å². The molecule has 0 saturated carbocycles. The molecule has 3 rings (SSSR count). The highest BCUT2D eigenvalue weighted by Gasteiger charge is 2.21. The van der Waals surface area contributed by atoms with Crippen LogP contribution >= 0.6 is 0 Å². The van der Waals surface area contributed by atoms with Crippen molar-refractivity contribution in [2.45, 2.75) is 32.6 Å². The third-order valence-corrected chi connectivity index (χ3v) is 4.59. The minimum Gasteiger partial charge on any atom is -0.368 e. The van der Waals surface area contributed by atoms with E-state index in [1.54, 1.807) is 6.20 Å². The second-order valence-electron chi connectivity index (χ2n) is 6.19. The fourth-order valence-electron chi connectivity index (χ4n) is 3.30. The molecule has 0 radical (unpaired) electrons. The Hall–Kier alpha value is -2.10. The number of rotatable bonds is 4. The zero-order chi connectivity index (χ0) is 15.4. The molecule has 2 heterocycles. The van der Waals surface area contributed by atoms with Gasteiger partial charge in [-0.05, 0) is 55.7 Å². The van der Waals surface area contributed by atoms with E-state index in [2.05, 4.69) is 46.1 Å². The minimum atomic E-state index is 0.361. The molecule has 0 aliphatic carbocycles. The summed E-state index contributed by atoms with van der Waals surface area (Å²) in [4.78, 5) is 10.7. The summed E-state index contributed by atoms with van der Waals surface area (Å²) < 4.78 is 0. The highest BCUT2D eigenvalue weighted by Crippen LogP contribution is 2.25. The maximum Gasteiger partial charge on any atom is 0.221 e. The lowest BCUT2D eigenvalue weighted by molar-refractivity contribution is 0.390. The van der Waals surface area contributed by atoms with E-state index in [0.29, 0.717) is 5.95 Å². The van der Waals surface area contributed by atoms with Crippen molar-refractivity contribution in [2.24, 2.45) is 5.92 Å². The van der Waals surface area contributed by atoms with Crippen molar-refractivity contribution in [2.75, 3.05) is 23.7 Å². The summed E-state index contributed by atoms with van der Waals surface area (Å²) in [5.74, 6) is 2.05. The van der Waals surface area contributed by atoms with Crippen LogP contribution in [0.3, 0.4) is 0 Å². The molecule has 1 aliphatic rings. The molecule has 1 fully saturated rings. The predicted molar refractivity (Wildman–Crippen MR) is 90.9 cm³/mol. The minimum absolute atomic E-state index is 0.361. The van der Waals surface area contributed by atoms with Gasteiger partial charge in [0.05, 0.1) is 0 Å². The quantitative estimate of drug-likeness (QED) is 0.941. The molecule has 0 bridgehead atoms. The van der Waals surface area contributed by atoms with Gasteiger partial charge in [-0.25, -0.2) is 4.98 Å². The first-order valence-corrected chi connectivity index (χ1v) is 8.10. The van der Waals surface area contributed by atoms with Gasteiger partial charge in [0.25, 0.3) is 0 Å². The molecular formula is C18H24N4. The standard InChI is InChI=1S/C18H24N4/c1-14-5-2-3-7-16(14)9-8-15-6-4-12-22(13-15)17-10-11-20-18(19)21-17/h2-3,5,7,10-11,15H,4,6,8-9,12-13H2,1H3,(H2,19,20,21)/t15-/m0/s1. The van der Waals surface area contributed by atoms with Crippen LogP contribution in [0.4, 0.5) is 11.8 Å². The summed E-state index contributed by atoms with van der Waals surface area (Å²) in [6, 6.07) is 10.7. The number of nitrogens with two attached hydrogens (primary N) is 1. The SMILES string of the molecule is Cc1ccccc1CC[C@@H]1CCCN(c2ccnc(N)n2)C1. The van der Waals surface area contributed by atoms with Gasteiger partial charge in [0.15, 0.2) is 0 Å². The Morgan fingerprint density at radius 1 is 1.27 bits per heavy atom. The van der Waals surface area contributed by atoms with Crippen LogP contribution in [0.5, 0.6) is 0 Å². The maximum absolute atomic E-state index is 5.70. The zero-order valence-electron chi connectivity index (χ0n) is 13.2. The Kier molecular flexibility index (Phi) is 4.56. The van der Waals surface area contributed by atoms with Crippen LogP contribution in [0.25, 0.3) is 0 Å². The van der Waals surface area contributed by atoms with Crippen LogP contribution in [0.2, 0.25) is 0 Å². The van der Waals surface area contributed by atoms with Gasteiger partial charge < -0.3 is 10.6 Å². The van der Waals surface area contributed by atoms with Crippen molar-refractivity contribution in [3.8, 4) is 0 Å². The topological polar surface area (TPSA) is 55.0 Å². The summed E-state index contributed by atoms with van der Waals surface area (Å²) in [5, 5.41) is 0. The second kappa shape index (κ2) is 6.77. The van der Waals surface area contributed by atoms with Crippen LogP contribution in [0.15, 0.2) is 36.5 Å². The van der Waals surface area contributed by atoms with Gasteiger partial charge in [0.1, 0.15) is 5.82 Å². The predicted octanol–water partition coefficient (Wildman–Crippen LogP) is 3.22. The van der Waals surface area contributed by atoms with Gasteiger partial charge in [0, 0.05) is 19.3 Å². The lowest BCUT2D eigenvalue weighted by Gasteiger charge is -2.33. The second-order valence-corrected chi connectivity index (χ2v) is 6.19. The maximum atomic E-state index is 5.70. The van der Waals surface area contributed by atoms with E-state index in [-0.39, 0.29) is 0 Å². The summed E-state index contributed by atoms with van der Waals surface area (Å²) in [6.07, 6.45) is 6.68. The molecule has 4 nitrogen and oxygen atoms in total. The van der Waals surface area contributed by atoms with Crippen LogP contribution in [-0.2, 0) is 6.42 Å². The molecule has 0 unspecified atom stereocenters. The first kappa shape index (κ1) is 14.8. The summed E-state index contributed by atoms with van der Waals surface area (Å²) in [5.41, 5.74) is 8.58. The van der Waals surface area contributed by atoms with Crippen molar-refractivity contribution in [1.29, 1.82) is 0 Å². The molecule has 22 heavy (non-hydrogen) atoms. The average molecular weight is 296 g/mol. The number of benzene rings is 1. The van der Waals surface area contributed by atoms with E-state index in [1.807, 2.05) is 6.07 Å². The molecule has 1 atom stereocenters. The number of hydrogen-bond acceptors (Lipinski definition) is 4. The summed E-state index contributed by atoms with van der Waals surface area (Å²) in [7, 11) is 0. The first-order valence-electron chi connectivity index (χ1n) is 8.10. The molecular weight excluding hydrogens is 272 g/mol. The molecule has 1 aromatic heterocycles. The largest absolute Gasteiger partial charge is 0.368 e. The van der Waals surface area contributed by atoms with Crippen LogP contribution in [-0.4, -0.2) is 23.1 Å². The Labute approximate surface area is 132 Å². The third kappa shape index (κ3) is 3.56. The van der Waals surface area contributed by atoms with Crippen LogP contribution in [0, 0.1) is 12.8 Å². The van der Waals surface area contributed by atoms with Gasteiger partial charge in [-0.15, -0.1) is 0 Å². The molecule has 0 amide bonds. The van der Waals surface area contributed by atoms with E-state index in [0.717, 1.165) is 31.2 Å². The third-order valence-electron chi connectivity index (χ3n) is 4.59. The number of nitrogen functional groups attached to an aromatic ring is 1. The van der Waals surface area contributed by atoms with E-state index in [1.165, 1.54) is 30.4 Å². The molecule has 116 valence electrons. The fourth-order valence-corrected chi connectivity index (χ4v) is 3.30. The highest BCUT2D eigenvalue weighted by molar-refractivity contribution is 5.41. The van der Waals surface area contributed by atoms with Crippen molar-refractivity contribution in [3.05, 3.63) is 47.7 Å². The monoisotopic (exact) mass is 296 g/mol. The zero-order valence-corrected chi connectivity index (χ0v) is 13.2. The Bertz CT molecular complexity index is 626. The van der Waals surface area contributed by atoms with Gasteiger partial charge >= 0.3 is 0 Å². The number of aryl methyl sites for hydroxylation is 2. The number of hydrogen-bond donors (Lipinski definition) is 1. The first-order chi connectivity index (χ1) is 10.7. The molecule has 2 aromatic rings. The van der Waals surface area contributed by atoms with E-state index in [9.17, 15) is 0 Å². The number of aromatic nitrogens is 2. The van der Waals surface area contributed by atoms with Crippen LogP contribution in [0.1, 0.15) is 30.4 Å². The number of piperidine rings is 1. The Morgan fingerprint density at radius 3 is 2.95 bits per heavy atom. The van der Waals surface area contributed by atoms with E-state index < -0.39 is 0 Å². The smallest absolute Gasteiger partial charge is 0.221 e. The lowest BCUT2D eigenvalue weighted by Crippen LogP contribution is -2.36. The Morgan fingerprint density at radius 2 is 2.14 bits per heavy atom. The summed E-state index contributed by atoms with van der Waals surface area (Å²) in [6.45, 7) is 4.34. The summed E-state index contributed by atoms with van der Waals surface area (Å²) >= 11 is 0. The molecule has 1 aliphatic heterocycles. The van der Waals surface area contributed by atoms with Crippen molar-refractivity contribution in [3.63, 3.8) is 0 Å². The van der Waals surface area contributed by atoms with Gasteiger partial charge in [-0.1, -0.05) is 24.3 Å². The molecule has 0 spiro atoms. The molecule has 1 saturated heterocycles. The van der Waals surface area contributed by atoms with Crippen LogP contribution < -0.4 is 10.6 Å². The fraction of sp³-hybridized carbons (Fsp3) is 0.444. The van der Waals surface area contributed by atoms with Gasteiger partial charge in [-0.3, -0.25) is 0 Å². The van der Waals surface area contributed by atoms with Gasteiger partial charge in [0.2, 0.25) is 5.95 Å². The number of nitrogens with zero attached hydrogens (tertiary/aromatic N) is 3. The van der Waals surface area contributed by atoms with Crippen molar-refractivity contribution in [1.82, 2.24) is 9.97 Å². The van der Waals surface area contributed by atoms with Crippen molar-refractivity contribution < 1.29 is 0 Å². The normalized spacial score (nSPS) is 18.4. The lowest BCUT2D eigenvalue weighted by atomic mass is 9.90. The molecule has 1 aromatic carbocycles.